The van der Waals surface area contributed by atoms with Gasteiger partial charge in [0.1, 0.15) is 17.4 Å². The molecule has 0 amide bonds. The van der Waals surface area contributed by atoms with Crippen LogP contribution in [0.25, 0.3) is 0 Å². The molecule has 1 aliphatic heterocycles. The Morgan fingerprint density at radius 2 is 1.95 bits per heavy atom. The van der Waals surface area contributed by atoms with Crippen LogP contribution in [-0.4, -0.2) is 13.7 Å². The van der Waals surface area contributed by atoms with E-state index in [1.807, 2.05) is 18.2 Å². The number of benzene rings is 2. The van der Waals surface area contributed by atoms with Crippen LogP contribution >= 0.6 is 0 Å². The summed E-state index contributed by atoms with van der Waals surface area (Å²) < 4.78 is 32.6. The zero-order valence-electron chi connectivity index (χ0n) is 11.1. The Labute approximate surface area is 116 Å². The summed E-state index contributed by atoms with van der Waals surface area (Å²) in [6.45, 7) is 0.723. The van der Waals surface area contributed by atoms with Gasteiger partial charge in [0.2, 0.25) is 0 Å². The minimum absolute atomic E-state index is 0.319. The first-order chi connectivity index (χ1) is 9.69. The topological polar surface area (TPSA) is 21.3 Å². The van der Waals surface area contributed by atoms with Gasteiger partial charge >= 0.3 is 0 Å². The summed E-state index contributed by atoms with van der Waals surface area (Å²) in [5.41, 5.74) is 2.43. The number of hydrogen-bond donors (Lipinski definition) is 1. The number of rotatable bonds is 2. The molecule has 1 aliphatic rings. The summed E-state index contributed by atoms with van der Waals surface area (Å²) in [5, 5.41) is 3.25. The van der Waals surface area contributed by atoms with Gasteiger partial charge in [-0.3, -0.25) is 0 Å². The predicted molar refractivity (Wildman–Crippen MR) is 72.9 cm³/mol. The van der Waals surface area contributed by atoms with Gasteiger partial charge < -0.3 is 10.1 Å². The van der Waals surface area contributed by atoms with E-state index in [0.29, 0.717) is 5.56 Å². The highest BCUT2D eigenvalue weighted by molar-refractivity contribution is 5.44. The third kappa shape index (κ3) is 2.27. The lowest BCUT2D eigenvalue weighted by atomic mass is 9.89. The normalized spacial score (nSPS) is 17.6. The minimum Gasteiger partial charge on any atom is -0.497 e. The molecule has 0 aromatic heterocycles. The first-order valence-corrected chi connectivity index (χ1v) is 6.54. The van der Waals surface area contributed by atoms with E-state index in [0.717, 1.165) is 35.9 Å². The van der Waals surface area contributed by atoms with Crippen LogP contribution in [0.15, 0.2) is 36.4 Å². The maximum Gasteiger partial charge on any atom is 0.128 e. The van der Waals surface area contributed by atoms with Crippen molar-refractivity contribution in [3.8, 4) is 5.75 Å². The minimum atomic E-state index is -0.427. The van der Waals surface area contributed by atoms with Crippen LogP contribution in [0, 0.1) is 11.6 Å². The number of hydrogen-bond acceptors (Lipinski definition) is 2. The molecule has 0 spiro atoms. The van der Waals surface area contributed by atoms with Crippen molar-refractivity contribution in [2.24, 2.45) is 0 Å². The van der Waals surface area contributed by atoms with Crippen molar-refractivity contribution < 1.29 is 13.5 Å². The van der Waals surface area contributed by atoms with Gasteiger partial charge in [0.25, 0.3) is 0 Å². The highest BCUT2D eigenvalue weighted by atomic mass is 19.1. The molecule has 1 heterocycles. The highest BCUT2D eigenvalue weighted by Gasteiger charge is 2.24. The van der Waals surface area contributed by atoms with E-state index in [9.17, 15) is 8.78 Å². The average Bonchev–Trinajstić information content (AvgIpc) is 2.48. The molecule has 2 aromatic carbocycles. The summed E-state index contributed by atoms with van der Waals surface area (Å²) in [5.74, 6) is -0.0412. The Morgan fingerprint density at radius 1 is 1.10 bits per heavy atom. The molecule has 1 unspecified atom stereocenters. The molecule has 0 saturated carbocycles. The molecule has 0 bridgehead atoms. The summed E-state index contributed by atoms with van der Waals surface area (Å²) >= 11 is 0. The Hall–Kier alpha value is -1.94. The lowest BCUT2D eigenvalue weighted by Gasteiger charge is -2.28. The maximum absolute atomic E-state index is 14.0. The largest absolute Gasteiger partial charge is 0.497 e. The second-order valence-electron chi connectivity index (χ2n) is 4.87. The van der Waals surface area contributed by atoms with Crippen LogP contribution in [0.2, 0.25) is 0 Å². The first kappa shape index (κ1) is 13.1. The van der Waals surface area contributed by atoms with Crippen LogP contribution in [0.1, 0.15) is 22.7 Å². The fraction of sp³-hybridized carbons (Fsp3) is 0.250. The van der Waals surface area contributed by atoms with Crippen LogP contribution in [-0.2, 0) is 6.42 Å². The molecule has 3 rings (SSSR count). The van der Waals surface area contributed by atoms with Crippen molar-refractivity contribution in [1.82, 2.24) is 5.32 Å². The fourth-order valence-electron chi connectivity index (χ4n) is 2.68. The van der Waals surface area contributed by atoms with Gasteiger partial charge in [-0.25, -0.2) is 8.78 Å². The van der Waals surface area contributed by atoms with Gasteiger partial charge in [-0.15, -0.1) is 0 Å². The third-order valence-corrected chi connectivity index (χ3v) is 3.67. The monoisotopic (exact) mass is 275 g/mol. The number of nitrogens with one attached hydrogen (secondary N) is 1. The van der Waals surface area contributed by atoms with Crippen molar-refractivity contribution in [1.29, 1.82) is 0 Å². The van der Waals surface area contributed by atoms with Gasteiger partial charge in [0, 0.05) is 12.1 Å². The molecule has 0 saturated heterocycles. The van der Waals surface area contributed by atoms with Gasteiger partial charge in [-0.2, -0.15) is 0 Å². The molecule has 2 aromatic rings. The van der Waals surface area contributed by atoms with E-state index in [1.54, 1.807) is 7.11 Å². The van der Waals surface area contributed by atoms with E-state index in [-0.39, 0.29) is 6.04 Å². The Kier molecular flexibility index (Phi) is 3.40. The first-order valence-electron chi connectivity index (χ1n) is 6.54. The van der Waals surface area contributed by atoms with Crippen molar-refractivity contribution in [3.63, 3.8) is 0 Å². The summed E-state index contributed by atoms with van der Waals surface area (Å²) in [4.78, 5) is 0. The van der Waals surface area contributed by atoms with Gasteiger partial charge in [-0.05, 0) is 47.9 Å². The van der Waals surface area contributed by atoms with Gasteiger partial charge in [0.15, 0.2) is 0 Å². The maximum atomic E-state index is 14.0. The molecule has 104 valence electrons. The molecule has 20 heavy (non-hydrogen) atoms. The number of methoxy groups -OCH3 is 1. The van der Waals surface area contributed by atoms with Crippen molar-refractivity contribution in [2.45, 2.75) is 12.5 Å². The van der Waals surface area contributed by atoms with E-state index >= 15 is 0 Å². The highest BCUT2D eigenvalue weighted by Crippen LogP contribution is 2.32. The molecule has 1 atom stereocenters. The molecule has 2 nitrogen and oxygen atoms in total. The zero-order chi connectivity index (χ0) is 14.1. The average molecular weight is 275 g/mol. The Morgan fingerprint density at radius 3 is 2.75 bits per heavy atom. The molecule has 4 heteroatoms. The van der Waals surface area contributed by atoms with E-state index in [2.05, 4.69) is 5.32 Å². The second-order valence-corrected chi connectivity index (χ2v) is 4.87. The summed E-state index contributed by atoms with van der Waals surface area (Å²) in [6.07, 6.45) is 0.847. The quantitative estimate of drug-likeness (QED) is 0.908. The molecule has 0 radical (unpaired) electrons. The molecular formula is C16H15F2NO. The van der Waals surface area contributed by atoms with Gasteiger partial charge in [-0.1, -0.05) is 6.07 Å². The third-order valence-electron chi connectivity index (χ3n) is 3.67. The van der Waals surface area contributed by atoms with Crippen LogP contribution < -0.4 is 10.1 Å². The predicted octanol–water partition coefficient (Wildman–Crippen LogP) is 3.21. The van der Waals surface area contributed by atoms with Crippen molar-refractivity contribution in [3.05, 3.63) is 64.7 Å². The van der Waals surface area contributed by atoms with Crippen molar-refractivity contribution >= 4 is 0 Å². The molecule has 0 aliphatic carbocycles. The summed E-state index contributed by atoms with van der Waals surface area (Å²) in [7, 11) is 1.62. The standard InChI is InChI=1S/C16H15F2NO/c1-20-12-3-4-13-10(8-12)6-7-19-16(13)14-9-11(17)2-5-15(14)18/h2-5,8-9,16,19H,6-7H2,1H3. The smallest absolute Gasteiger partial charge is 0.128 e. The summed E-state index contributed by atoms with van der Waals surface area (Å²) in [6, 6.07) is 8.96. The Bertz CT molecular complexity index is 642. The number of ether oxygens (including phenoxy) is 1. The van der Waals surface area contributed by atoms with E-state index in [4.69, 9.17) is 4.74 Å². The molecule has 0 fully saturated rings. The SMILES string of the molecule is COc1ccc2c(c1)CCNC2c1cc(F)ccc1F. The number of halogens is 2. The van der Waals surface area contributed by atoms with Crippen LogP contribution in [0.5, 0.6) is 5.75 Å². The van der Waals surface area contributed by atoms with Crippen LogP contribution in [0.4, 0.5) is 8.78 Å². The fourth-order valence-corrected chi connectivity index (χ4v) is 2.68. The second kappa shape index (κ2) is 5.21. The van der Waals surface area contributed by atoms with Gasteiger partial charge in [0.05, 0.1) is 13.2 Å². The van der Waals surface area contributed by atoms with Crippen molar-refractivity contribution in [2.75, 3.05) is 13.7 Å². The Balaban J connectivity index is 2.07. The molecular weight excluding hydrogens is 260 g/mol. The number of fused-ring (bicyclic) bond motifs is 1. The zero-order valence-corrected chi connectivity index (χ0v) is 11.1. The van der Waals surface area contributed by atoms with E-state index in [1.165, 1.54) is 12.1 Å². The lowest BCUT2D eigenvalue weighted by Crippen LogP contribution is -2.31. The lowest BCUT2D eigenvalue weighted by molar-refractivity contribution is 0.413. The molecule has 1 N–H and O–H groups in total. The van der Waals surface area contributed by atoms with E-state index < -0.39 is 11.6 Å². The van der Waals surface area contributed by atoms with Crippen LogP contribution in [0.3, 0.4) is 0 Å².